The molecule has 0 aromatic heterocycles. The van der Waals surface area contributed by atoms with Crippen molar-refractivity contribution in [2.45, 2.75) is 12.1 Å². The third-order valence-corrected chi connectivity index (χ3v) is 6.47. The standard InChI is InChI=1S/C23H15Cl3N2O3/c24-15-10-5-4-9-14(15)19-18-21(31-28(19)13-7-2-1-3-8-13)23(30)27(22(18)29)20-16(25)11-6-12-17(20)26/h1-12,18-19,21H. The molecule has 2 saturated heterocycles. The second kappa shape index (κ2) is 7.84. The molecule has 3 atom stereocenters. The molecule has 3 aromatic carbocycles. The molecule has 3 aromatic rings. The van der Waals surface area contributed by atoms with E-state index < -0.39 is 29.9 Å². The molecule has 5 nitrogen and oxygen atoms in total. The number of carbonyl (C=O) groups excluding carboxylic acids is 2. The van der Waals surface area contributed by atoms with Gasteiger partial charge in [-0.15, -0.1) is 0 Å². The quantitative estimate of drug-likeness (QED) is 0.458. The molecular formula is C23H15Cl3N2O3. The molecule has 0 saturated carbocycles. The van der Waals surface area contributed by atoms with Crippen LogP contribution in [0.15, 0.2) is 72.8 Å². The topological polar surface area (TPSA) is 49.9 Å². The lowest BCUT2D eigenvalue weighted by molar-refractivity contribution is -0.126. The predicted octanol–water partition coefficient (Wildman–Crippen LogP) is 5.70. The number of halogens is 3. The SMILES string of the molecule is O=C1C2ON(c3ccccc3)C(c3ccccc3Cl)C2C(=O)N1c1c(Cl)cccc1Cl. The third kappa shape index (κ3) is 3.20. The number of carbonyl (C=O) groups is 2. The van der Waals surface area contributed by atoms with Crippen molar-refractivity contribution in [2.75, 3.05) is 9.96 Å². The molecule has 0 aliphatic carbocycles. The van der Waals surface area contributed by atoms with E-state index >= 15 is 0 Å². The van der Waals surface area contributed by atoms with Gasteiger partial charge in [0.1, 0.15) is 5.92 Å². The Morgan fingerprint density at radius 3 is 2.00 bits per heavy atom. The molecule has 2 heterocycles. The van der Waals surface area contributed by atoms with Crippen molar-refractivity contribution in [3.05, 3.63) is 93.4 Å². The normalized spacial score (nSPS) is 22.9. The first kappa shape index (κ1) is 20.3. The van der Waals surface area contributed by atoms with Crippen molar-refractivity contribution < 1.29 is 14.4 Å². The van der Waals surface area contributed by atoms with Gasteiger partial charge in [-0.25, -0.2) is 9.96 Å². The highest BCUT2D eigenvalue weighted by molar-refractivity contribution is 6.42. The van der Waals surface area contributed by atoms with Crippen LogP contribution in [0.2, 0.25) is 15.1 Å². The average molecular weight is 474 g/mol. The maximum Gasteiger partial charge on any atom is 0.266 e. The molecule has 0 spiro atoms. The smallest absolute Gasteiger partial charge is 0.266 e. The molecule has 2 aliphatic heterocycles. The number of nitrogens with zero attached hydrogens (tertiary/aromatic N) is 2. The van der Waals surface area contributed by atoms with Crippen LogP contribution in [0.3, 0.4) is 0 Å². The fraction of sp³-hybridized carbons (Fsp3) is 0.130. The number of amides is 2. The van der Waals surface area contributed by atoms with Crippen LogP contribution in [0.25, 0.3) is 0 Å². The summed E-state index contributed by atoms with van der Waals surface area (Å²) in [6.45, 7) is 0. The van der Waals surface area contributed by atoms with E-state index in [2.05, 4.69) is 0 Å². The molecule has 0 radical (unpaired) electrons. The highest BCUT2D eigenvalue weighted by atomic mass is 35.5. The predicted molar refractivity (Wildman–Crippen MR) is 120 cm³/mol. The Morgan fingerprint density at radius 1 is 0.710 bits per heavy atom. The van der Waals surface area contributed by atoms with Crippen LogP contribution in [0.5, 0.6) is 0 Å². The monoisotopic (exact) mass is 472 g/mol. The number of hydrogen-bond donors (Lipinski definition) is 0. The number of hydrogen-bond acceptors (Lipinski definition) is 4. The molecule has 2 aliphatic rings. The molecule has 31 heavy (non-hydrogen) atoms. The van der Waals surface area contributed by atoms with Gasteiger partial charge in [0, 0.05) is 5.02 Å². The Morgan fingerprint density at radius 2 is 1.32 bits per heavy atom. The minimum atomic E-state index is -1.03. The van der Waals surface area contributed by atoms with E-state index in [9.17, 15) is 9.59 Å². The fourth-order valence-corrected chi connectivity index (χ4v) is 4.98. The first-order valence-electron chi connectivity index (χ1n) is 9.56. The summed E-state index contributed by atoms with van der Waals surface area (Å²) < 4.78 is 0. The van der Waals surface area contributed by atoms with Crippen LogP contribution in [0, 0.1) is 5.92 Å². The van der Waals surface area contributed by atoms with Crippen LogP contribution < -0.4 is 9.96 Å². The Balaban J connectivity index is 1.64. The van der Waals surface area contributed by atoms with Crippen molar-refractivity contribution in [1.29, 1.82) is 0 Å². The summed E-state index contributed by atoms with van der Waals surface area (Å²) in [6.07, 6.45) is -1.03. The van der Waals surface area contributed by atoms with Crippen molar-refractivity contribution in [3.63, 3.8) is 0 Å². The number of rotatable bonds is 3. The zero-order valence-corrected chi connectivity index (χ0v) is 18.2. The van der Waals surface area contributed by atoms with Gasteiger partial charge in [0.25, 0.3) is 5.91 Å². The lowest BCUT2D eigenvalue weighted by atomic mass is 9.90. The molecule has 156 valence electrons. The van der Waals surface area contributed by atoms with Gasteiger partial charge in [-0.2, -0.15) is 0 Å². The summed E-state index contributed by atoms with van der Waals surface area (Å²) in [5.74, 6) is -1.77. The summed E-state index contributed by atoms with van der Waals surface area (Å²) >= 11 is 19.1. The third-order valence-electron chi connectivity index (χ3n) is 5.51. The maximum atomic E-state index is 13.6. The zero-order valence-electron chi connectivity index (χ0n) is 15.9. The molecule has 0 N–H and O–H groups in total. The highest BCUT2D eigenvalue weighted by Gasteiger charge is 2.61. The second-order valence-electron chi connectivity index (χ2n) is 7.26. The van der Waals surface area contributed by atoms with E-state index in [1.54, 1.807) is 29.3 Å². The van der Waals surface area contributed by atoms with Gasteiger partial charge < -0.3 is 0 Å². The van der Waals surface area contributed by atoms with Gasteiger partial charge >= 0.3 is 0 Å². The summed E-state index contributed by atoms with van der Waals surface area (Å²) in [4.78, 5) is 34.1. The van der Waals surface area contributed by atoms with Crippen LogP contribution >= 0.6 is 34.8 Å². The first-order chi connectivity index (χ1) is 15.0. The van der Waals surface area contributed by atoms with Crippen LogP contribution in [-0.2, 0) is 14.4 Å². The number of benzene rings is 3. The number of anilines is 2. The Kier molecular flexibility index (Phi) is 5.15. The molecule has 5 rings (SSSR count). The lowest BCUT2D eigenvalue weighted by Crippen LogP contribution is -2.37. The van der Waals surface area contributed by atoms with Gasteiger partial charge in [0.2, 0.25) is 5.91 Å². The van der Waals surface area contributed by atoms with Gasteiger partial charge in [0.05, 0.1) is 27.5 Å². The number of para-hydroxylation sites is 2. The largest absolute Gasteiger partial charge is 0.273 e. The summed E-state index contributed by atoms with van der Waals surface area (Å²) in [6, 6.07) is 20.7. The zero-order chi connectivity index (χ0) is 21.7. The molecule has 0 bridgehead atoms. The number of imide groups is 1. The van der Waals surface area contributed by atoms with Crippen molar-refractivity contribution in [2.24, 2.45) is 5.92 Å². The summed E-state index contributed by atoms with van der Waals surface area (Å²) in [7, 11) is 0. The van der Waals surface area contributed by atoms with Crippen molar-refractivity contribution in [1.82, 2.24) is 0 Å². The van der Waals surface area contributed by atoms with E-state index in [-0.39, 0.29) is 15.7 Å². The number of hydroxylamine groups is 1. The van der Waals surface area contributed by atoms with Gasteiger partial charge in [0.15, 0.2) is 6.10 Å². The van der Waals surface area contributed by atoms with E-state index in [0.29, 0.717) is 16.3 Å². The van der Waals surface area contributed by atoms with Crippen LogP contribution in [0.1, 0.15) is 11.6 Å². The highest BCUT2D eigenvalue weighted by Crippen LogP contribution is 2.50. The fourth-order valence-electron chi connectivity index (χ4n) is 4.17. The summed E-state index contributed by atoms with van der Waals surface area (Å²) in [5.41, 5.74) is 1.57. The molecule has 3 unspecified atom stereocenters. The lowest BCUT2D eigenvalue weighted by Gasteiger charge is -2.29. The van der Waals surface area contributed by atoms with Crippen LogP contribution in [0.4, 0.5) is 11.4 Å². The minimum Gasteiger partial charge on any atom is -0.273 e. The van der Waals surface area contributed by atoms with Crippen molar-refractivity contribution in [3.8, 4) is 0 Å². The maximum absolute atomic E-state index is 13.6. The van der Waals surface area contributed by atoms with Crippen molar-refractivity contribution >= 4 is 58.0 Å². The van der Waals surface area contributed by atoms with Gasteiger partial charge in [-0.05, 0) is 35.9 Å². The molecule has 2 amide bonds. The first-order valence-corrected chi connectivity index (χ1v) is 10.7. The van der Waals surface area contributed by atoms with Crippen LogP contribution in [-0.4, -0.2) is 17.9 Å². The van der Waals surface area contributed by atoms with E-state index in [1.807, 2.05) is 48.5 Å². The summed E-state index contributed by atoms with van der Waals surface area (Å²) in [5, 5.41) is 2.50. The molecular weight excluding hydrogens is 459 g/mol. The van der Waals surface area contributed by atoms with Gasteiger partial charge in [-0.3, -0.25) is 14.4 Å². The van der Waals surface area contributed by atoms with E-state index in [0.717, 1.165) is 4.90 Å². The molecule has 8 heteroatoms. The van der Waals surface area contributed by atoms with Gasteiger partial charge in [-0.1, -0.05) is 77.3 Å². The van der Waals surface area contributed by atoms with E-state index in [1.165, 1.54) is 0 Å². The minimum absolute atomic E-state index is 0.169. The Hall–Kier alpha value is -2.57. The second-order valence-corrected chi connectivity index (χ2v) is 8.48. The average Bonchev–Trinajstić information content (AvgIpc) is 3.26. The molecule has 2 fully saturated rings. The Labute approximate surface area is 193 Å². The number of fused-ring (bicyclic) bond motifs is 1. The Bertz CT molecular complexity index is 1170. The van der Waals surface area contributed by atoms with E-state index in [4.69, 9.17) is 39.6 Å².